The van der Waals surface area contributed by atoms with E-state index in [1.165, 1.54) is 19.1 Å². The first kappa shape index (κ1) is 19.0. The van der Waals surface area contributed by atoms with Crippen LogP contribution in [0.4, 0.5) is 14.5 Å². The number of benzene rings is 2. The zero-order valence-electron chi connectivity index (χ0n) is 13.8. The molecule has 1 amide bonds. The molecule has 2 rings (SSSR count). The minimum absolute atomic E-state index is 0.0943. The number of aryl methyl sites for hydroxylation is 1. The standard InChI is InChI=1S/C17H18F2N2O3S/c1-12-3-6-15(7-4-12)25(23,24)20-9-10-21(13(2)22)17-8-5-14(18)11-16(17)19/h3-8,11,20H,9-10H2,1-2H3. The Balaban J connectivity index is 2.09. The minimum atomic E-state index is -3.74. The fourth-order valence-corrected chi connectivity index (χ4v) is 3.26. The van der Waals surface area contributed by atoms with Gasteiger partial charge in [-0.3, -0.25) is 4.79 Å². The molecule has 0 unspecified atom stereocenters. The van der Waals surface area contributed by atoms with Crippen LogP contribution in [0.25, 0.3) is 0 Å². The normalized spacial score (nSPS) is 11.4. The number of carbonyl (C=O) groups is 1. The maximum absolute atomic E-state index is 13.9. The van der Waals surface area contributed by atoms with Gasteiger partial charge in [0.2, 0.25) is 15.9 Å². The Morgan fingerprint density at radius 3 is 2.32 bits per heavy atom. The van der Waals surface area contributed by atoms with E-state index in [0.717, 1.165) is 22.6 Å². The number of anilines is 1. The second-order valence-corrected chi connectivity index (χ2v) is 7.24. The van der Waals surface area contributed by atoms with Crippen molar-refractivity contribution >= 4 is 21.6 Å². The van der Waals surface area contributed by atoms with Crippen molar-refractivity contribution in [3.63, 3.8) is 0 Å². The van der Waals surface area contributed by atoms with Gasteiger partial charge in [-0.05, 0) is 31.2 Å². The summed E-state index contributed by atoms with van der Waals surface area (Å²) in [6.07, 6.45) is 0. The first-order valence-corrected chi connectivity index (χ1v) is 8.98. The summed E-state index contributed by atoms with van der Waals surface area (Å²) in [5, 5.41) is 0. The molecule has 0 heterocycles. The highest BCUT2D eigenvalue weighted by Gasteiger charge is 2.18. The molecule has 0 saturated heterocycles. The zero-order valence-corrected chi connectivity index (χ0v) is 14.6. The molecule has 0 aliphatic rings. The fourth-order valence-electron chi connectivity index (χ4n) is 2.24. The van der Waals surface area contributed by atoms with Gasteiger partial charge in [-0.15, -0.1) is 0 Å². The summed E-state index contributed by atoms with van der Waals surface area (Å²) in [6, 6.07) is 9.13. The molecule has 25 heavy (non-hydrogen) atoms. The van der Waals surface area contributed by atoms with Crippen molar-refractivity contribution in [2.75, 3.05) is 18.0 Å². The lowest BCUT2D eigenvalue weighted by Gasteiger charge is -2.22. The van der Waals surface area contributed by atoms with Crippen LogP contribution in [0.3, 0.4) is 0 Å². The number of halogens is 2. The third-order valence-corrected chi connectivity index (χ3v) is 5.02. The quantitative estimate of drug-likeness (QED) is 0.852. The van der Waals surface area contributed by atoms with Crippen LogP contribution in [0, 0.1) is 18.6 Å². The predicted molar refractivity (Wildman–Crippen MR) is 90.8 cm³/mol. The first-order chi connectivity index (χ1) is 11.7. The van der Waals surface area contributed by atoms with Crippen LogP contribution in [-0.4, -0.2) is 27.4 Å². The van der Waals surface area contributed by atoms with Crippen molar-refractivity contribution in [2.24, 2.45) is 0 Å². The Morgan fingerprint density at radius 2 is 1.76 bits per heavy atom. The van der Waals surface area contributed by atoms with Crippen molar-refractivity contribution in [1.29, 1.82) is 0 Å². The van der Waals surface area contributed by atoms with E-state index in [1.54, 1.807) is 12.1 Å². The highest BCUT2D eigenvalue weighted by atomic mass is 32.2. The molecule has 134 valence electrons. The molecule has 8 heteroatoms. The molecule has 1 N–H and O–H groups in total. The molecule has 2 aromatic rings. The highest BCUT2D eigenvalue weighted by molar-refractivity contribution is 7.89. The number of hydrogen-bond donors (Lipinski definition) is 1. The van der Waals surface area contributed by atoms with Gasteiger partial charge >= 0.3 is 0 Å². The Bertz CT molecular complexity index is 868. The zero-order chi connectivity index (χ0) is 18.6. The number of carbonyl (C=O) groups excluding carboxylic acids is 1. The van der Waals surface area contributed by atoms with E-state index in [0.29, 0.717) is 6.07 Å². The van der Waals surface area contributed by atoms with Gasteiger partial charge in [0.05, 0.1) is 10.6 Å². The molecular weight excluding hydrogens is 350 g/mol. The predicted octanol–water partition coefficient (Wildman–Crippen LogP) is 2.60. The summed E-state index contributed by atoms with van der Waals surface area (Å²) in [6.45, 7) is 2.85. The summed E-state index contributed by atoms with van der Waals surface area (Å²) >= 11 is 0. The van der Waals surface area contributed by atoms with Crippen LogP contribution >= 0.6 is 0 Å². The van der Waals surface area contributed by atoms with E-state index in [2.05, 4.69) is 4.72 Å². The van der Waals surface area contributed by atoms with Crippen molar-refractivity contribution in [3.05, 3.63) is 59.7 Å². The molecule has 0 radical (unpaired) electrons. The lowest BCUT2D eigenvalue weighted by Crippen LogP contribution is -2.38. The van der Waals surface area contributed by atoms with Crippen LogP contribution in [0.2, 0.25) is 0 Å². The number of amides is 1. The molecule has 0 aliphatic heterocycles. The monoisotopic (exact) mass is 368 g/mol. The number of rotatable bonds is 6. The Morgan fingerprint density at radius 1 is 1.12 bits per heavy atom. The van der Waals surface area contributed by atoms with Crippen LogP contribution in [0.15, 0.2) is 47.4 Å². The summed E-state index contributed by atoms with van der Waals surface area (Å²) in [5.74, 6) is -2.14. The fraction of sp³-hybridized carbons (Fsp3) is 0.235. The van der Waals surface area contributed by atoms with Crippen molar-refractivity contribution in [3.8, 4) is 0 Å². The van der Waals surface area contributed by atoms with Gasteiger partial charge in [-0.2, -0.15) is 0 Å². The molecule has 5 nitrogen and oxygen atoms in total. The molecule has 0 fully saturated rings. The van der Waals surface area contributed by atoms with Crippen molar-refractivity contribution in [1.82, 2.24) is 4.72 Å². The summed E-state index contributed by atoms with van der Waals surface area (Å²) in [5.41, 5.74) is 0.817. The molecule has 0 aromatic heterocycles. The number of sulfonamides is 1. The van der Waals surface area contributed by atoms with Crippen molar-refractivity contribution < 1.29 is 22.0 Å². The van der Waals surface area contributed by atoms with Gasteiger partial charge in [0.1, 0.15) is 11.6 Å². The van der Waals surface area contributed by atoms with Gasteiger partial charge in [0, 0.05) is 26.1 Å². The SMILES string of the molecule is CC(=O)N(CCNS(=O)(=O)c1ccc(C)cc1)c1ccc(F)cc1F. The van der Waals surface area contributed by atoms with Gasteiger partial charge in [-0.1, -0.05) is 17.7 Å². The summed E-state index contributed by atoms with van der Waals surface area (Å²) < 4.78 is 53.6. The van der Waals surface area contributed by atoms with Crippen LogP contribution in [-0.2, 0) is 14.8 Å². The lowest BCUT2D eigenvalue weighted by molar-refractivity contribution is -0.116. The van der Waals surface area contributed by atoms with Crippen LogP contribution < -0.4 is 9.62 Å². The first-order valence-electron chi connectivity index (χ1n) is 7.50. The molecule has 0 saturated carbocycles. The second kappa shape index (κ2) is 7.71. The summed E-state index contributed by atoms with van der Waals surface area (Å²) in [4.78, 5) is 12.9. The number of nitrogens with one attached hydrogen (secondary N) is 1. The van der Waals surface area contributed by atoms with E-state index in [1.807, 2.05) is 6.92 Å². The molecule has 2 aromatic carbocycles. The highest BCUT2D eigenvalue weighted by Crippen LogP contribution is 2.20. The van der Waals surface area contributed by atoms with E-state index < -0.39 is 27.6 Å². The van der Waals surface area contributed by atoms with Crippen molar-refractivity contribution in [2.45, 2.75) is 18.7 Å². The molecule has 0 atom stereocenters. The second-order valence-electron chi connectivity index (χ2n) is 5.48. The smallest absolute Gasteiger partial charge is 0.240 e. The van der Waals surface area contributed by atoms with Gasteiger partial charge < -0.3 is 4.90 Å². The average Bonchev–Trinajstić information content (AvgIpc) is 2.52. The molecule has 0 spiro atoms. The Hall–Kier alpha value is -2.32. The van der Waals surface area contributed by atoms with Gasteiger partial charge in [0.25, 0.3) is 0 Å². The van der Waals surface area contributed by atoms with E-state index in [4.69, 9.17) is 0 Å². The molecule has 0 aliphatic carbocycles. The van der Waals surface area contributed by atoms with Crippen LogP contribution in [0.5, 0.6) is 0 Å². The van der Waals surface area contributed by atoms with E-state index >= 15 is 0 Å². The Labute approximate surface area is 145 Å². The number of hydrogen-bond acceptors (Lipinski definition) is 3. The summed E-state index contributed by atoms with van der Waals surface area (Å²) in [7, 11) is -3.74. The molecule has 0 bridgehead atoms. The van der Waals surface area contributed by atoms with E-state index in [9.17, 15) is 22.0 Å². The van der Waals surface area contributed by atoms with E-state index in [-0.39, 0.29) is 23.7 Å². The maximum Gasteiger partial charge on any atom is 0.240 e. The third kappa shape index (κ3) is 4.83. The largest absolute Gasteiger partial charge is 0.309 e. The molecular formula is C17H18F2N2O3S. The lowest BCUT2D eigenvalue weighted by atomic mass is 10.2. The maximum atomic E-state index is 13.9. The van der Waals surface area contributed by atoms with Crippen LogP contribution in [0.1, 0.15) is 12.5 Å². The topological polar surface area (TPSA) is 66.5 Å². The number of nitrogens with zero attached hydrogens (tertiary/aromatic N) is 1. The minimum Gasteiger partial charge on any atom is -0.309 e. The third-order valence-electron chi connectivity index (χ3n) is 3.54. The Kier molecular flexibility index (Phi) is 5.86. The van der Waals surface area contributed by atoms with Gasteiger partial charge in [-0.25, -0.2) is 21.9 Å². The van der Waals surface area contributed by atoms with Gasteiger partial charge in [0.15, 0.2) is 0 Å². The average molecular weight is 368 g/mol.